The Morgan fingerprint density at radius 1 is 0.750 bits per heavy atom. The Morgan fingerprint density at radius 2 is 1.11 bits per heavy atom. The summed E-state index contributed by atoms with van der Waals surface area (Å²) >= 11 is 0. The molecule has 0 spiro atoms. The Labute approximate surface area is 165 Å². The normalized spacial score (nSPS) is 29.2. The standard InChI is InChI=1S/2C8H16N2O.C2H2O4/c2*9-7-2-1-3-10(4-7)8-5-11-6-8;3-1(4)2(5)6/h2*7-8H,1-6,9H2;(H,3,4)(H,5,6)/t2*7-;/m00./s1. The summed E-state index contributed by atoms with van der Waals surface area (Å²) in [6, 6.07) is 2.18. The van der Waals surface area contributed by atoms with Gasteiger partial charge in [0.1, 0.15) is 0 Å². The number of hydrogen-bond acceptors (Lipinski definition) is 8. The Bertz CT molecular complexity index is 456. The van der Waals surface area contributed by atoms with Gasteiger partial charge in [0.15, 0.2) is 0 Å². The highest BCUT2D eigenvalue weighted by molar-refractivity contribution is 6.27. The molecule has 162 valence electrons. The third-order valence-electron chi connectivity index (χ3n) is 5.44. The van der Waals surface area contributed by atoms with Crippen molar-refractivity contribution in [2.45, 2.75) is 49.9 Å². The van der Waals surface area contributed by atoms with Crippen LogP contribution in [-0.2, 0) is 19.1 Å². The number of ether oxygens (including phenoxy) is 2. The molecule has 0 unspecified atom stereocenters. The van der Waals surface area contributed by atoms with Crippen molar-refractivity contribution < 1.29 is 29.3 Å². The van der Waals surface area contributed by atoms with E-state index >= 15 is 0 Å². The van der Waals surface area contributed by atoms with E-state index in [2.05, 4.69) is 9.80 Å². The predicted molar refractivity (Wildman–Crippen MR) is 102 cm³/mol. The van der Waals surface area contributed by atoms with Crippen LogP contribution in [0.25, 0.3) is 0 Å². The fraction of sp³-hybridized carbons (Fsp3) is 0.889. The van der Waals surface area contributed by atoms with Gasteiger partial charge in [-0.25, -0.2) is 9.59 Å². The number of aliphatic carboxylic acids is 2. The Kier molecular flexibility index (Phi) is 9.56. The molecule has 0 aliphatic carbocycles. The second-order valence-electron chi connectivity index (χ2n) is 7.79. The van der Waals surface area contributed by atoms with Crippen LogP contribution in [0.4, 0.5) is 0 Å². The average Bonchev–Trinajstić information content (AvgIpc) is 2.53. The predicted octanol–water partition coefficient (Wildman–Crippen LogP) is -1.23. The van der Waals surface area contributed by atoms with Gasteiger partial charge in [0.05, 0.1) is 38.5 Å². The number of rotatable bonds is 2. The highest BCUT2D eigenvalue weighted by Gasteiger charge is 2.29. The second-order valence-corrected chi connectivity index (χ2v) is 7.79. The summed E-state index contributed by atoms with van der Waals surface area (Å²) in [4.78, 5) is 23.1. The molecule has 0 radical (unpaired) electrons. The molecule has 4 saturated heterocycles. The van der Waals surface area contributed by atoms with E-state index in [0.29, 0.717) is 24.2 Å². The number of piperidine rings is 2. The van der Waals surface area contributed by atoms with Crippen molar-refractivity contribution in [3.8, 4) is 0 Å². The number of carboxylic acids is 2. The summed E-state index contributed by atoms with van der Waals surface area (Å²) < 4.78 is 10.3. The van der Waals surface area contributed by atoms with Crippen molar-refractivity contribution >= 4 is 11.9 Å². The fourth-order valence-electron chi connectivity index (χ4n) is 3.61. The summed E-state index contributed by atoms with van der Waals surface area (Å²) in [6.07, 6.45) is 4.92. The molecule has 0 aromatic heterocycles. The van der Waals surface area contributed by atoms with Gasteiger partial charge in [0.2, 0.25) is 0 Å². The van der Waals surface area contributed by atoms with Gasteiger partial charge in [-0.3, -0.25) is 9.80 Å². The van der Waals surface area contributed by atoms with Crippen molar-refractivity contribution in [1.29, 1.82) is 0 Å². The molecule has 0 amide bonds. The first kappa shape index (κ1) is 23.0. The minimum Gasteiger partial charge on any atom is -0.473 e. The third kappa shape index (κ3) is 7.61. The SMILES string of the molecule is N[C@H]1CCCN(C2COC2)C1.N[C@H]1CCCN(C2COC2)C1.O=C(O)C(=O)O. The van der Waals surface area contributed by atoms with Gasteiger partial charge in [-0.2, -0.15) is 0 Å². The van der Waals surface area contributed by atoms with E-state index in [0.717, 1.165) is 39.5 Å². The first-order valence-corrected chi connectivity index (χ1v) is 9.97. The number of nitrogens with two attached hydrogens (primary N) is 2. The zero-order valence-electron chi connectivity index (χ0n) is 16.4. The maximum atomic E-state index is 9.10. The molecule has 0 bridgehead atoms. The van der Waals surface area contributed by atoms with Crippen LogP contribution in [0.2, 0.25) is 0 Å². The van der Waals surface area contributed by atoms with Crippen LogP contribution < -0.4 is 11.5 Å². The molecule has 4 aliphatic heterocycles. The minimum atomic E-state index is -1.82. The van der Waals surface area contributed by atoms with E-state index in [1.807, 2.05) is 0 Å². The van der Waals surface area contributed by atoms with Crippen molar-refractivity contribution in [1.82, 2.24) is 9.80 Å². The molecule has 10 heteroatoms. The molecule has 4 fully saturated rings. The number of carbonyl (C=O) groups is 2. The van der Waals surface area contributed by atoms with Crippen molar-refractivity contribution in [2.75, 3.05) is 52.6 Å². The van der Waals surface area contributed by atoms with Gasteiger partial charge >= 0.3 is 11.9 Å². The van der Waals surface area contributed by atoms with Gasteiger partial charge < -0.3 is 31.2 Å². The van der Waals surface area contributed by atoms with E-state index in [9.17, 15) is 0 Å². The third-order valence-corrected chi connectivity index (χ3v) is 5.44. The van der Waals surface area contributed by atoms with Gasteiger partial charge in [0, 0.05) is 25.2 Å². The zero-order valence-corrected chi connectivity index (χ0v) is 16.4. The zero-order chi connectivity index (χ0) is 20.5. The molecule has 0 aromatic rings. The van der Waals surface area contributed by atoms with Crippen LogP contribution in [0, 0.1) is 0 Å². The first-order chi connectivity index (χ1) is 13.4. The molecular formula is C18H34N4O6. The van der Waals surface area contributed by atoms with E-state index in [1.54, 1.807) is 0 Å². The maximum Gasteiger partial charge on any atom is 0.414 e. The lowest BCUT2D eigenvalue weighted by Gasteiger charge is -2.41. The van der Waals surface area contributed by atoms with E-state index < -0.39 is 11.9 Å². The van der Waals surface area contributed by atoms with E-state index in [4.69, 9.17) is 40.7 Å². The quantitative estimate of drug-likeness (QED) is 0.413. The highest BCUT2D eigenvalue weighted by atomic mass is 16.5. The topological polar surface area (TPSA) is 152 Å². The van der Waals surface area contributed by atoms with Crippen molar-refractivity contribution in [2.24, 2.45) is 11.5 Å². The summed E-state index contributed by atoms with van der Waals surface area (Å²) in [5.41, 5.74) is 11.7. The van der Waals surface area contributed by atoms with Crippen LogP contribution in [-0.4, -0.2) is 109 Å². The van der Waals surface area contributed by atoms with Crippen LogP contribution in [0.3, 0.4) is 0 Å². The van der Waals surface area contributed by atoms with Gasteiger partial charge in [-0.1, -0.05) is 0 Å². The Balaban J connectivity index is 0.000000158. The monoisotopic (exact) mass is 402 g/mol. The highest BCUT2D eigenvalue weighted by Crippen LogP contribution is 2.17. The van der Waals surface area contributed by atoms with Crippen LogP contribution >= 0.6 is 0 Å². The summed E-state index contributed by atoms with van der Waals surface area (Å²) in [5.74, 6) is -3.65. The lowest BCUT2D eigenvalue weighted by atomic mass is 10.0. The molecule has 0 aromatic carbocycles. The lowest BCUT2D eigenvalue weighted by molar-refractivity contribution is -0.159. The summed E-state index contributed by atoms with van der Waals surface area (Å²) in [6.45, 7) is 8.30. The molecule has 28 heavy (non-hydrogen) atoms. The van der Waals surface area contributed by atoms with E-state index in [1.165, 1.54) is 38.8 Å². The van der Waals surface area contributed by atoms with Gasteiger partial charge in [-0.05, 0) is 38.8 Å². The largest absolute Gasteiger partial charge is 0.473 e. The van der Waals surface area contributed by atoms with Crippen LogP contribution in [0.15, 0.2) is 0 Å². The summed E-state index contributed by atoms with van der Waals surface area (Å²) in [5, 5.41) is 14.8. The van der Waals surface area contributed by atoms with Crippen molar-refractivity contribution in [3.05, 3.63) is 0 Å². The molecule has 4 aliphatic rings. The van der Waals surface area contributed by atoms with E-state index in [-0.39, 0.29) is 0 Å². The molecule has 0 saturated carbocycles. The number of nitrogens with zero attached hydrogens (tertiary/aromatic N) is 2. The maximum absolute atomic E-state index is 9.10. The molecule has 4 rings (SSSR count). The Morgan fingerprint density at radius 3 is 1.32 bits per heavy atom. The first-order valence-electron chi connectivity index (χ1n) is 9.97. The van der Waals surface area contributed by atoms with Gasteiger partial charge in [0.25, 0.3) is 0 Å². The average molecular weight is 402 g/mol. The van der Waals surface area contributed by atoms with Crippen molar-refractivity contribution in [3.63, 3.8) is 0 Å². The number of likely N-dealkylation sites (tertiary alicyclic amines) is 2. The number of hydrogen-bond donors (Lipinski definition) is 4. The summed E-state index contributed by atoms with van der Waals surface area (Å²) in [7, 11) is 0. The molecule has 2 atom stereocenters. The Hall–Kier alpha value is -1.30. The minimum absolute atomic E-state index is 0.407. The molecular weight excluding hydrogens is 368 g/mol. The van der Waals surface area contributed by atoms with Crippen LogP contribution in [0.1, 0.15) is 25.7 Å². The fourth-order valence-corrected chi connectivity index (χ4v) is 3.61. The molecule has 4 heterocycles. The molecule has 10 nitrogen and oxygen atoms in total. The van der Waals surface area contributed by atoms with Gasteiger partial charge in [-0.15, -0.1) is 0 Å². The van der Waals surface area contributed by atoms with Crippen LogP contribution in [0.5, 0.6) is 0 Å². The lowest BCUT2D eigenvalue weighted by Crippen LogP contribution is -2.55. The molecule has 6 N–H and O–H groups in total. The second kappa shape index (κ2) is 11.6. The number of carboxylic acid groups (broad SMARTS) is 2. The smallest absolute Gasteiger partial charge is 0.414 e.